The molecule has 2 aromatic rings. The smallest absolute Gasteiger partial charge is 0.307 e. The van der Waals surface area contributed by atoms with Crippen molar-refractivity contribution in [3.8, 4) is 0 Å². The van der Waals surface area contributed by atoms with E-state index < -0.39 is 33.9 Å². The van der Waals surface area contributed by atoms with Gasteiger partial charge in [-0.1, -0.05) is 55.3 Å². The molecule has 0 unspecified atom stereocenters. The van der Waals surface area contributed by atoms with E-state index in [9.17, 15) is 23.1 Å². The fourth-order valence-electron chi connectivity index (χ4n) is 4.94. The maximum atomic E-state index is 13.6. The van der Waals surface area contributed by atoms with Gasteiger partial charge in [-0.15, -0.1) is 0 Å². The van der Waals surface area contributed by atoms with Crippen LogP contribution in [0.15, 0.2) is 59.5 Å². The van der Waals surface area contributed by atoms with E-state index in [1.807, 2.05) is 24.3 Å². The molecule has 1 aliphatic carbocycles. The van der Waals surface area contributed by atoms with Crippen molar-refractivity contribution >= 4 is 21.9 Å². The highest BCUT2D eigenvalue weighted by Gasteiger charge is 2.41. The molecular weight excluding hydrogens is 428 g/mol. The summed E-state index contributed by atoms with van der Waals surface area (Å²) in [7, 11) is -3.74. The van der Waals surface area contributed by atoms with Crippen molar-refractivity contribution in [2.24, 2.45) is 11.8 Å². The molecule has 0 bridgehead atoms. The summed E-state index contributed by atoms with van der Waals surface area (Å²) in [4.78, 5) is 27.2. The van der Waals surface area contributed by atoms with Crippen LogP contribution in [-0.2, 0) is 26.0 Å². The van der Waals surface area contributed by atoms with Crippen LogP contribution in [0.3, 0.4) is 0 Å². The number of fused-ring (bicyclic) bond motifs is 1. The van der Waals surface area contributed by atoms with Gasteiger partial charge in [0.1, 0.15) is 0 Å². The van der Waals surface area contributed by atoms with E-state index in [-0.39, 0.29) is 17.3 Å². The van der Waals surface area contributed by atoms with Gasteiger partial charge in [0, 0.05) is 13.1 Å². The molecular formula is C24H28N2O5S. The topological polar surface area (TPSA) is 104 Å². The largest absolute Gasteiger partial charge is 0.481 e. The maximum absolute atomic E-state index is 13.6. The number of hydrogen-bond acceptors (Lipinski definition) is 4. The summed E-state index contributed by atoms with van der Waals surface area (Å²) in [6, 6.07) is 15.4. The summed E-state index contributed by atoms with van der Waals surface area (Å²) in [6.07, 6.45) is 3.35. The molecule has 0 aromatic heterocycles. The Balaban J connectivity index is 1.61. The first kappa shape index (κ1) is 22.5. The van der Waals surface area contributed by atoms with Gasteiger partial charge in [0.15, 0.2) is 0 Å². The van der Waals surface area contributed by atoms with Gasteiger partial charge in [-0.25, -0.2) is 13.1 Å². The zero-order chi connectivity index (χ0) is 22.7. The quantitative estimate of drug-likeness (QED) is 0.696. The molecule has 1 saturated carbocycles. The highest BCUT2D eigenvalue weighted by molar-refractivity contribution is 7.89. The van der Waals surface area contributed by atoms with E-state index in [0.29, 0.717) is 25.8 Å². The Hall–Kier alpha value is -2.71. The van der Waals surface area contributed by atoms with Crippen LogP contribution in [-0.4, -0.2) is 43.4 Å². The summed E-state index contributed by atoms with van der Waals surface area (Å²) in [5, 5.41) is 9.65. The Morgan fingerprint density at radius 2 is 1.62 bits per heavy atom. The van der Waals surface area contributed by atoms with E-state index in [1.165, 1.54) is 12.1 Å². The minimum Gasteiger partial charge on any atom is -0.481 e. The average molecular weight is 457 g/mol. The normalized spacial score (nSPS) is 23.4. The Morgan fingerprint density at radius 3 is 2.34 bits per heavy atom. The average Bonchev–Trinajstić information content (AvgIpc) is 2.82. The SMILES string of the molecule is O=C(O)[C@H]1CCCC[C@H]1C(=O)N1CCc2ccccc2[C@H]1CNS(=O)(=O)c1ccccc1. The van der Waals surface area contributed by atoms with E-state index in [2.05, 4.69) is 4.72 Å². The Bertz CT molecular complexity index is 1090. The van der Waals surface area contributed by atoms with Gasteiger partial charge in [-0.05, 0) is 42.5 Å². The predicted molar refractivity (Wildman–Crippen MR) is 119 cm³/mol. The Kier molecular flexibility index (Phi) is 6.62. The minimum atomic E-state index is -3.74. The van der Waals surface area contributed by atoms with Crippen molar-refractivity contribution in [2.75, 3.05) is 13.1 Å². The Labute approximate surface area is 188 Å². The van der Waals surface area contributed by atoms with Crippen LogP contribution in [0, 0.1) is 11.8 Å². The standard InChI is InChI=1S/C24H28N2O5S/c27-23(20-12-6-7-13-21(20)24(28)29)26-15-14-17-8-4-5-11-19(17)22(26)16-25-32(30,31)18-9-2-1-3-10-18/h1-5,8-11,20-22,25H,6-7,12-16H2,(H,28,29)/t20-,21+,22-/m1/s1. The number of carboxylic acid groups (broad SMARTS) is 1. The molecule has 1 aliphatic heterocycles. The second kappa shape index (κ2) is 9.42. The van der Waals surface area contributed by atoms with E-state index in [0.717, 1.165) is 24.0 Å². The Morgan fingerprint density at radius 1 is 0.969 bits per heavy atom. The third-order valence-electron chi connectivity index (χ3n) is 6.62. The van der Waals surface area contributed by atoms with Crippen LogP contribution < -0.4 is 4.72 Å². The molecule has 0 radical (unpaired) electrons. The fourth-order valence-corrected chi connectivity index (χ4v) is 6.00. The van der Waals surface area contributed by atoms with Crippen molar-refractivity contribution in [3.05, 3.63) is 65.7 Å². The number of carboxylic acids is 1. The lowest BCUT2D eigenvalue weighted by atomic mass is 9.77. The van der Waals surface area contributed by atoms with Crippen LogP contribution >= 0.6 is 0 Å². The molecule has 32 heavy (non-hydrogen) atoms. The predicted octanol–water partition coefficient (Wildman–Crippen LogP) is 2.98. The number of hydrogen-bond donors (Lipinski definition) is 2. The van der Waals surface area contributed by atoms with Crippen LogP contribution in [0.25, 0.3) is 0 Å². The van der Waals surface area contributed by atoms with Crippen LogP contribution in [0.1, 0.15) is 42.9 Å². The first-order valence-electron chi connectivity index (χ1n) is 11.0. The number of carbonyl (C=O) groups excluding carboxylic acids is 1. The number of nitrogens with one attached hydrogen (secondary N) is 1. The number of sulfonamides is 1. The number of nitrogens with zero attached hydrogens (tertiary/aromatic N) is 1. The highest BCUT2D eigenvalue weighted by atomic mass is 32.2. The van der Waals surface area contributed by atoms with Gasteiger partial charge in [0.05, 0.1) is 22.8 Å². The molecule has 170 valence electrons. The van der Waals surface area contributed by atoms with Crippen molar-refractivity contribution < 1.29 is 23.1 Å². The van der Waals surface area contributed by atoms with E-state index in [1.54, 1.807) is 23.1 Å². The number of benzene rings is 2. The first-order chi connectivity index (χ1) is 15.4. The lowest BCUT2D eigenvalue weighted by Crippen LogP contribution is -2.49. The monoisotopic (exact) mass is 456 g/mol. The van der Waals surface area contributed by atoms with Gasteiger partial charge in [-0.2, -0.15) is 0 Å². The summed E-state index contributed by atoms with van der Waals surface area (Å²) in [6.45, 7) is 0.473. The van der Waals surface area contributed by atoms with Crippen LogP contribution in [0.2, 0.25) is 0 Å². The zero-order valence-electron chi connectivity index (χ0n) is 17.8. The number of aliphatic carboxylic acids is 1. The molecule has 4 rings (SSSR count). The van der Waals surface area contributed by atoms with E-state index >= 15 is 0 Å². The third-order valence-corrected chi connectivity index (χ3v) is 8.06. The van der Waals surface area contributed by atoms with E-state index in [4.69, 9.17) is 0 Å². The summed E-state index contributed by atoms with van der Waals surface area (Å²) < 4.78 is 28.3. The molecule has 3 atom stereocenters. The van der Waals surface area contributed by atoms with Gasteiger partial charge < -0.3 is 10.0 Å². The first-order valence-corrected chi connectivity index (χ1v) is 12.5. The summed E-state index contributed by atoms with van der Waals surface area (Å²) >= 11 is 0. The summed E-state index contributed by atoms with van der Waals surface area (Å²) in [5.41, 5.74) is 1.99. The van der Waals surface area contributed by atoms with Crippen molar-refractivity contribution in [1.82, 2.24) is 9.62 Å². The zero-order valence-corrected chi connectivity index (χ0v) is 18.6. The third kappa shape index (κ3) is 4.56. The molecule has 1 amide bonds. The number of carbonyl (C=O) groups is 2. The molecule has 1 heterocycles. The highest BCUT2D eigenvalue weighted by Crippen LogP contribution is 2.36. The fraction of sp³-hybridized carbons (Fsp3) is 0.417. The lowest BCUT2D eigenvalue weighted by molar-refractivity contribution is -0.153. The summed E-state index contributed by atoms with van der Waals surface area (Å²) in [5.74, 6) is -2.37. The van der Waals surface area contributed by atoms with Gasteiger partial charge >= 0.3 is 5.97 Å². The van der Waals surface area contributed by atoms with Crippen LogP contribution in [0.5, 0.6) is 0 Å². The van der Waals surface area contributed by atoms with Crippen molar-refractivity contribution in [2.45, 2.75) is 43.0 Å². The lowest BCUT2D eigenvalue weighted by Gasteiger charge is -2.41. The second-order valence-corrected chi connectivity index (χ2v) is 10.3. The molecule has 2 aliphatic rings. The van der Waals surface area contributed by atoms with Crippen LogP contribution in [0.4, 0.5) is 0 Å². The van der Waals surface area contributed by atoms with Gasteiger partial charge in [-0.3, -0.25) is 9.59 Å². The molecule has 8 heteroatoms. The maximum Gasteiger partial charge on any atom is 0.307 e. The molecule has 0 saturated heterocycles. The minimum absolute atomic E-state index is 0.0322. The molecule has 0 spiro atoms. The number of rotatable bonds is 6. The van der Waals surface area contributed by atoms with Crippen molar-refractivity contribution in [1.29, 1.82) is 0 Å². The van der Waals surface area contributed by atoms with Gasteiger partial charge in [0.25, 0.3) is 0 Å². The second-order valence-electron chi connectivity index (χ2n) is 8.50. The molecule has 1 fully saturated rings. The van der Waals surface area contributed by atoms with Crippen molar-refractivity contribution in [3.63, 3.8) is 0 Å². The van der Waals surface area contributed by atoms with Gasteiger partial charge in [0.2, 0.25) is 15.9 Å². The molecule has 2 aromatic carbocycles. The number of amides is 1. The molecule has 7 nitrogen and oxygen atoms in total. The molecule has 2 N–H and O–H groups in total.